The van der Waals surface area contributed by atoms with Gasteiger partial charge in [-0.1, -0.05) is 6.07 Å². The van der Waals surface area contributed by atoms with Crippen LogP contribution >= 0.6 is 11.6 Å². The number of benzene rings is 1. The Morgan fingerprint density at radius 3 is 2.67 bits per heavy atom. The molecule has 0 bridgehead atoms. The number of nitrogens with one attached hydrogen (secondary N) is 3. The Morgan fingerprint density at radius 1 is 1.10 bits per heavy atom. The van der Waals surface area contributed by atoms with Gasteiger partial charge in [0.05, 0.1) is 11.1 Å². The minimum atomic E-state index is -0.993. The van der Waals surface area contributed by atoms with Crippen molar-refractivity contribution in [2.45, 2.75) is 18.9 Å². The van der Waals surface area contributed by atoms with Crippen LogP contribution in [0.1, 0.15) is 33.6 Å². The molecule has 3 heterocycles. The molecule has 0 radical (unpaired) electrons. The van der Waals surface area contributed by atoms with E-state index < -0.39 is 29.7 Å². The summed E-state index contributed by atoms with van der Waals surface area (Å²) >= 11 is 5.74. The van der Waals surface area contributed by atoms with Crippen molar-refractivity contribution in [1.82, 2.24) is 20.2 Å². The Labute approximate surface area is 176 Å². The lowest BCUT2D eigenvalue weighted by atomic mass is 10.0. The lowest BCUT2D eigenvalue weighted by Crippen LogP contribution is -2.54. The van der Waals surface area contributed by atoms with Gasteiger partial charge in [0.1, 0.15) is 11.9 Å². The molecule has 11 heteroatoms. The Bertz CT molecular complexity index is 1060. The summed E-state index contributed by atoms with van der Waals surface area (Å²) in [6.07, 6.45) is 1.72. The van der Waals surface area contributed by atoms with Gasteiger partial charge in [-0.3, -0.25) is 29.4 Å². The molecule has 1 atom stereocenters. The summed E-state index contributed by atoms with van der Waals surface area (Å²) in [5.74, 6) is -1.58. The van der Waals surface area contributed by atoms with Crippen molar-refractivity contribution >= 4 is 46.7 Å². The summed E-state index contributed by atoms with van der Waals surface area (Å²) in [6.45, 7) is 0.897. The summed E-state index contributed by atoms with van der Waals surface area (Å²) in [6, 6.07) is 5.59. The third-order valence-electron chi connectivity index (χ3n) is 4.84. The van der Waals surface area contributed by atoms with Gasteiger partial charge in [0.2, 0.25) is 17.1 Å². The SMILES string of the molecule is O=C1CCC(N2C(=O)c3cccc(NCCNc4ccnc(Cl)n4)c3C2=O)C(=O)N1. The lowest BCUT2D eigenvalue weighted by Gasteiger charge is -2.27. The molecule has 1 fully saturated rings. The summed E-state index contributed by atoms with van der Waals surface area (Å²) in [5, 5.41) is 8.51. The van der Waals surface area contributed by atoms with Crippen LogP contribution in [0.15, 0.2) is 30.5 Å². The fourth-order valence-electron chi connectivity index (χ4n) is 3.48. The van der Waals surface area contributed by atoms with Gasteiger partial charge in [-0.25, -0.2) is 9.97 Å². The minimum absolute atomic E-state index is 0.0770. The van der Waals surface area contributed by atoms with Crippen molar-refractivity contribution in [2.75, 3.05) is 23.7 Å². The molecular weight excluding hydrogens is 412 g/mol. The second-order valence-electron chi connectivity index (χ2n) is 6.74. The highest BCUT2D eigenvalue weighted by Gasteiger charge is 2.45. The third-order valence-corrected chi connectivity index (χ3v) is 5.02. The minimum Gasteiger partial charge on any atom is -0.383 e. The molecule has 4 amide bonds. The fourth-order valence-corrected chi connectivity index (χ4v) is 3.63. The molecule has 10 nitrogen and oxygen atoms in total. The van der Waals surface area contributed by atoms with Crippen molar-refractivity contribution in [3.8, 4) is 0 Å². The van der Waals surface area contributed by atoms with Gasteiger partial charge in [-0.2, -0.15) is 0 Å². The topological polar surface area (TPSA) is 133 Å². The van der Waals surface area contributed by atoms with Gasteiger partial charge in [-0.05, 0) is 36.2 Å². The van der Waals surface area contributed by atoms with E-state index in [9.17, 15) is 19.2 Å². The molecule has 3 N–H and O–H groups in total. The van der Waals surface area contributed by atoms with Crippen LogP contribution in [0.25, 0.3) is 0 Å². The summed E-state index contributed by atoms with van der Waals surface area (Å²) < 4.78 is 0. The number of aromatic nitrogens is 2. The van der Waals surface area contributed by atoms with Gasteiger partial charge in [0.25, 0.3) is 11.8 Å². The fraction of sp³-hybridized carbons (Fsp3) is 0.263. The van der Waals surface area contributed by atoms with E-state index >= 15 is 0 Å². The molecule has 154 valence electrons. The summed E-state index contributed by atoms with van der Waals surface area (Å²) in [4.78, 5) is 58.1. The number of hydrogen-bond donors (Lipinski definition) is 3. The second-order valence-corrected chi connectivity index (χ2v) is 7.08. The Kier molecular flexibility index (Phi) is 5.32. The number of halogens is 1. The highest BCUT2D eigenvalue weighted by atomic mass is 35.5. The smallest absolute Gasteiger partial charge is 0.264 e. The number of carbonyl (C=O) groups is 4. The van der Waals surface area contributed by atoms with E-state index in [1.165, 1.54) is 6.20 Å². The van der Waals surface area contributed by atoms with E-state index in [2.05, 4.69) is 25.9 Å². The maximum atomic E-state index is 13.0. The lowest BCUT2D eigenvalue weighted by molar-refractivity contribution is -0.136. The van der Waals surface area contributed by atoms with Crippen molar-refractivity contribution < 1.29 is 19.2 Å². The van der Waals surface area contributed by atoms with Crippen molar-refractivity contribution in [3.05, 3.63) is 46.9 Å². The predicted molar refractivity (Wildman–Crippen MR) is 107 cm³/mol. The van der Waals surface area contributed by atoms with Crippen molar-refractivity contribution in [1.29, 1.82) is 0 Å². The molecule has 2 aliphatic rings. The second kappa shape index (κ2) is 8.07. The molecule has 0 aliphatic carbocycles. The van der Waals surface area contributed by atoms with Crippen LogP contribution in [-0.2, 0) is 9.59 Å². The number of amides is 4. The number of rotatable bonds is 6. The highest BCUT2D eigenvalue weighted by Crippen LogP contribution is 2.32. The molecule has 0 spiro atoms. The van der Waals surface area contributed by atoms with Crippen LogP contribution < -0.4 is 16.0 Å². The standard InChI is InChI=1S/C19H17ClN6O4/c20-19-23-7-6-13(24-19)22-9-8-21-11-3-1-2-10-15(11)18(30)26(17(10)29)12-4-5-14(27)25-16(12)28/h1-3,6-7,12,21H,4-5,8-9H2,(H,22,23,24)(H,25,27,28). The van der Waals surface area contributed by atoms with E-state index in [4.69, 9.17) is 11.6 Å². The van der Waals surface area contributed by atoms with E-state index in [0.29, 0.717) is 24.6 Å². The molecule has 0 saturated carbocycles. The molecular formula is C19H17ClN6O4. The number of piperidine rings is 1. The van der Waals surface area contributed by atoms with Gasteiger partial charge in [-0.15, -0.1) is 0 Å². The summed E-state index contributed by atoms with van der Waals surface area (Å²) in [7, 11) is 0. The van der Waals surface area contributed by atoms with E-state index in [1.54, 1.807) is 24.3 Å². The molecule has 4 rings (SSSR count). The maximum Gasteiger partial charge on any atom is 0.264 e. The number of anilines is 2. The molecule has 1 aromatic heterocycles. The number of nitrogens with zero attached hydrogens (tertiary/aromatic N) is 3. The van der Waals surface area contributed by atoms with Crippen LogP contribution in [0.4, 0.5) is 11.5 Å². The van der Waals surface area contributed by atoms with Crippen LogP contribution in [-0.4, -0.2) is 57.6 Å². The van der Waals surface area contributed by atoms with Crippen LogP contribution in [0.3, 0.4) is 0 Å². The van der Waals surface area contributed by atoms with Crippen molar-refractivity contribution in [3.63, 3.8) is 0 Å². The third kappa shape index (κ3) is 3.69. The number of hydrogen-bond acceptors (Lipinski definition) is 8. The first kappa shape index (κ1) is 19.8. The molecule has 2 aromatic rings. The molecule has 1 saturated heterocycles. The van der Waals surface area contributed by atoms with E-state index in [0.717, 1.165) is 4.90 Å². The first-order valence-electron chi connectivity index (χ1n) is 9.26. The first-order valence-corrected chi connectivity index (χ1v) is 9.64. The average Bonchev–Trinajstić information content (AvgIpc) is 2.97. The van der Waals surface area contributed by atoms with Crippen molar-refractivity contribution in [2.24, 2.45) is 0 Å². The molecule has 30 heavy (non-hydrogen) atoms. The maximum absolute atomic E-state index is 13.0. The predicted octanol–water partition coefficient (Wildman–Crippen LogP) is 1.06. The highest BCUT2D eigenvalue weighted by molar-refractivity contribution is 6.28. The average molecular weight is 429 g/mol. The van der Waals surface area contributed by atoms with Gasteiger partial charge in [0.15, 0.2) is 0 Å². The van der Waals surface area contributed by atoms with Crippen LogP contribution in [0.2, 0.25) is 5.28 Å². The zero-order valence-electron chi connectivity index (χ0n) is 15.6. The van der Waals surface area contributed by atoms with Crippen LogP contribution in [0.5, 0.6) is 0 Å². The molecule has 1 unspecified atom stereocenters. The monoisotopic (exact) mass is 428 g/mol. The molecule has 2 aliphatic heterocycles. The van der Waals surface area contributed by atoms with Crippen LogP contribution in [0, 0.1) is 0 Å². The zero-order chi connectivity index (χ0) is 21.3. The first-order chi connectivity index (χ1) is 14.5. The van der Waals surface area contributed by atoms with Gasteiger partial charge >= 0.3 is 0 Å². The van der Waals surface area contributed by atoms with Gasteiger partial charge in [0, 0.05) is 31.4 Å². The quantitative estimate of drug-likeness (QED) is 0.353. The number of fused-ring (bicyclic) bond motifs is 1. The Hall–Kier alpha value is -3.53. The number of carbonyl (C=O) groups excluding carboxylic acids is 4. The summed E-state index contributed by atoms with van der Waals surface area (Å²) in [5.41, 5.74) is 0.936. The normalized spacial score (nSPS) is 18.3. The van der Waals surface area contributed by atoms with E-state index in [1.807, 2.05) is 0 Å². The van der Waals surface area contributed by atoms with Gasteiger partial charge < -0.3 is 10.6 Å². The Morgan fingerprint density at radius 2 is 1.90 bits per heavy atom. The van der Waals surface area contributed by atoms with E-state index in [-0.39, 0.29) is 29.3 Å². The Balaban J connectivity index is 1.46. The number of imide groups is 2. The molecule has 1 aromatic carbocycles. The zero-order valence-corrected chi connectivity index (χ0v) is 16.4. The largest absolute Gasteiger partial charge is 0.383 e.